The SMILES string of the molecule is COC(=O)[C@@](Cc1ccc(-c2ccccc2)cc1)(OC1[C@H]2O[C@@H](n3cnc4c(N)nc(Cl)nc43)[C@@H](F)[C@@]12O)C(=O)O. The summed E-state index contributed by atoms with van der Waals surface area (Å²) in [7, 11) is 1.01. The molecule has 14 heteroatoms. The highest BCUT2D eigenvalue weighted by molar-refractivity contribution is 6.28. The van der Waals surface area contributed by atoms with E-state index in [2.05, 4.69) is 15.0 Å². The van der Waals surface area contributed by atoms with E-state index >= 15 is 4.39 Å². The predicted octanol–water partition coefficient (Wildman–Crippen LogP) is 2.33. The molecule has 4 aromatic rings. The maximum Gasteiger partial charge on any atom is 0.350 e. The van der Waals surface area contributed by atoms with E-state index in [1.165, 1.54) is 10.9 Å². The maximum atomic E-state index is 15.8. The van der Waals surface area contributed by atoms with Gasteiger partial charge in [-0.2, -0.15) is 9.97 Å². The first-order chi connectivity index (χ1) is 19.6. The first-order valence-electron chi connectivity index (χ1n) is 12.4. The minimum absolute atomic E-state index is 0.0293. The Balaban J connectivity index is 1.26. The molecule has 6 atom stereocenters. The van der Waals surface area contributed by atoms with E-state index < -0.39 is 54.2 Å². The summed E-state index contributed by atoms with van der Waals surface area (Å²) in [6.07, 6.45) is -5.58. The normalized spacial score (nSPS) is 26.3. The molecule has 212 valence electrons. The van der Waals surface area contributed by atoms with Gasteiger partial charge in [0.15, 0.2) is 29.5 Å². The highest BCUT2D eigenvalue weighted by atomic mass is 35.5. The van der Waals surface area contributed by atoms with E-state index in [4.69, 9.17) is 31.5 Å². The van der Waals surface area contributed by atoms with Crippen molar-refractivity contribution in [1.82, 2.24) is 19.5 Å². The van der Waals surface area contributed by atoms with Gasteiger partial charge in [0.2, 0.25) is 5.28 Å². The van der Waals surface area contributed by atoms with Gasteiger partial charge in [-0.3, -0.25) is 4.57 Å². The number of carboxylic acids is 1. The number of halogens is 2. The van der Waals surface area contributed by atoms with Crippen molar-refractivity contribution in [2.24, 2.45) is 0 Å². The molecule has 1 saturated carbocycles. The van der Waals surface area contributed by atoms with E-state index in [-0.39, 0.29) is 22.3 Å². The molecule has 4 N–H and O–H groups in total. The van der Waals surface area contributed by atoms with Crippen LogP contribution in [0.15, 0.2) is 60.9 Å². The van der Waals surface area contributed by atoms with E-state index in [1.807, 2.05) is 30.3 Å². The van der Waals surface area contributed by atoms with Crippen LogP contribution in [-0.4, -0.2) is 78.4 Å². The lowest BCUT2D eigenvalue weighted by Crippen LogP contribution is -2.54. The lowest BCUT2D eigenvalue weighted by atomic mass is 9.92. The maximum absolute atomic E-state index is 15.8. The fourth-order valence-electron chi connectivity index (χ4n) is 5.22. The van der Waals surface area contributed by atoms with Crippen LogP contribution in [0, 0.1) is 0 Å². The largest absolute Gasteiger partial charge is 0.479 e. The molecule has 1 unspecified atom stereocenters. The van der Waals surface area contributed by atoms with Crippen molar-refractivity contribution >= 4 is 40.5 Å². The number of anilines is 1. The number of alkyl halides is 1. The number of ether oxygens (including phenoxy) is 3. The third-order valence-corrected chi connectivity index (χ3v) is 7.62. The summed E-state index contributed by atoms with van der Waals surface area (Å²) in [4.78, 5) is 37.3. The van der Waals surface area contributed by atoms with E-state index in [9.17, 15) is 19.8 Å². The molecule has 6 rings (SSSR count). The highest BCUT2D eigenvalue weighted by Gasteiger charge is 2.80. The first kappa shape index (κ1) is 27.0. The number of nitrogens with two attached hydrogens (primary N) is 1. The number of aromatic nitrogens is 4. The molecule has 2 fully saturated rings. The van der Waals surface area contributed by atoms with Crippen molar-refractivity contribution < 1.29 is 38.4 Å². The van der Waals surface area contributed by atoms with Crippen molar-refractivity contribution in [1.29, 1.82) is 0 Å². The van der Waals surface area contributed by atoms with E-state index in [0.29, 0.717) is 5.56 Å². The van der Waals surface area contributed by atoms with Crippen molar-refractivity contribution in [3.8, 4) is 11.1 Å². The Hall–Kier alpha value is -4.17. The highest BCUT2D eigenvalue weighted by Crippen LogP contribution is 2.58. The fourth-order valence-corrected chi connectivity index (χ4v) is 5.39. The second-order valence-electron chi connectivity index (χ2n) is 9.84. The van der Waals surface area contributed by atoms with Crippen LogP contribution in [0.1, 0.15) is 11.8 Å². The van der Waals surface area contributed by atoms with Gasteiger partial charge in [-0.25, -0.2) is 19.0 Å². The summed E-state index contributed by atoms with van der Waals surface area (Å²) in [6, 6.07) is 16.4. The fraction of sp³-hybridized carbons (Fsp3) is 0.296. The summed E-state index contributed by atoms with van der Waals surface area (Å²) in [5.74, 6) is -2.92. The number of esters is 1. The zero-order valence-corrected chi connectivity index (χ0v) is 22.1. The molecule has 0 bridgehead atoms. The quantitative estimate of drug-likeness (QED) is 0.158. The van der Waals surface area contributed by atoms with Gasteiger partial charge >= 0.3 is 11.9 Å². The summed E-state index contributed by atoms with van der Waals surface area (Å²) >= 11 is 5.89. The number of hydrogen-bond donors (Lipinski definition) is 3. The number of rotatable bonds is 8. The van der Waals surface area contributed by atoms with Crippen molar-refractivity contribution in [2.45, 2.75) is 42.2 Å². The summed E-state index contributed by atoms with van der Waals surface area (Å²) in [6.45, 7) is 0. The second-order valence-corrected chi connectivity index (χ2v) is 10.2. The summed E-state index contributed by atoms with van der Waals surface area (Å²) < 4.78 is 33.2. The summed E-state index contributed by atoms with van der Waals surface area (Å²) in [5, 5.41) is 21.2. The molecular formula is C27H23ClFN5O7. The van der Waals surface area contributed by atoms with Crippen LogP contribution < -0.4 is 5.73 Å². The zero-order chi connectivity index (χ0) is 29.1. The predicted molar refractivity (Wildman–Crippen MR) is 141 cm³/mol. The lowest BCUT2D eigenvalue weighted by molar-refractivity contribution is -0.196. The zero-order valence-electron chi connectivity index (χ0n) is 21.3. The van der Waals surface area contributed by atoms with Gasteiger partial charge in [-0.1, -0.05) is 54.6 Å². The summed E-state index contributed by atoms with van der Waals surface area (Å²) in [5.41, 5.74) is 3.44. The molecule has 2 aliphatic rings. The number of carboxylic acid groups (broad SMARTS) is 1. The minimum atomic E-state index is -2.59. The van der Waals surface area contributed by atoms with E-state index in [1.54, 1.807) is 24.3 Å². The number of carbonyl (C=O) groups excluding carboxylic acids is 1. The molecule has 1 aliphatic carbocycles. The van der Waals surface area contributed by atoms with Crippen LogP contribution >= 0.6 is 11.6 Å². The van der Waals surface area contributed by atoms with Gasteiger partial charge in [0.1, 0.15) is 17.7 Å². The number of aliphatic carboxylic acids is 1. The number of benzene rings is 2. The van der Waals surface area contributed by atoms with Crippen LogP contribution in [0.5, 0.6) is 0 Å². The molecule has 1 saturated heterocycles. The minimum Gasteiger partial charge on any atom is -0.479 e. The molecule has 1 aliphatic heterocycles. The van der Waals surface area contributed by atoms with E-state index in [0.717, 1.165) is 18.2 Å². The van der Waals surface area contributed by atoms with Crippen molar-refractivity contribution in [3.63, 3.8) is 0 Å². The number of aliphatic hydroxyl groups is 1. The Bertz CT molecular complexity index is 1660. The van der Waals surface area contributed by atoms with Gasteiger partial charge in [-0.15, -0.1) is 0 Å². The van der Waals surface area contributed by atoms with Gasteiger partial charge in [-0.05, 0) is 28.3 Å². The molecule has 0 spiro atoms. The Morgan fingerprint density at radius 2 is 1.85 bits per heavy atom. The Kier molecular flexibility index (Phi) is 6.41. The van der Waals surface area contributed by atoms with Crippen molar-refractivity contribution in [2.75, 3.05) is 12.8 Å². The molecule has 0 amide bonds. The van der Waals surface area contributed by atoms with Crippen LogP contribution in [0.4, 0.5) is 10.2 Å². The lowest BCUT2D eigenvalue weighted by Gasteiger charge is -2.30. The van der Waals surface area contributed by atoms with Crippen LogP contribution in [-0.2, 0) is 30.2 Å². The van der Waals surface area contributed by atoms with Gasteiger partial charge in [0.05, 0.1) is 13.4 Å². The number of methoxy groups -OCH3 is 1. The topological polar surface area (TPSA) is 172 Å². The first-order valence-corrected chi connectivity index (χ1v) is 12.8. The molecular weight excluding hydrogens is 561 g/mol. The average molecular weight is 584 g/mol. The molecule has 41 heavy (non-hydrogen) atoms. The molecule has 12 nitrogen and oxygen atoms in total. The van der Waals surface area contributed by atoms with Gasteiger partial charge in [0.25, 0.3) is 5.60 Å². The molecule has 2 aromatic carbocycles. The van der Waals surface area contributed by atoms with Gasteiger partial charge in [0, 0.05) is 6.42 Å². The smallest absolute Gasteiger partial charge is 0.350 e. The Labute approximate surface area is 236 Å². The number of carbonyl (C=O) groups is 2. The standard InChI is InChI=1S/C27H23ClFN5O7/c1-39-24(37)26(23(35)36,11-13-7-9-15(10-8-13)14-5-3-2-4-6-14)41-19-18-27(19,38)17(29)22(40-18)34-12-31-16-20(30)32-25(28)33-21(16)34/h2-10,12,17-19,22,38H,11H2,1H3,(H,35,36)(H2,30,32,33)/t17-,18-,19?,22-,26+,27+/m1/s1. The van der Waals surface area contributed by atoms with Crippen molar-refractivity contribution in [3.05, 3.63) is 71.8 Å². The van der Waals surface area contributed by atoms with Crippen LogP contribution in [0.2, 0.25) is 5.28 Å². The monoisotopic (exact) mass is 583 g/mol. The number of fused-ring (bicyclic) bond motifs is 2. The molecule has 2 aromatic heterocycles. The molecule has 3 heterocycles. The van der Waals surface area contributed by atoms with Crippen LogP contribution in [0.25, 0.3) is 22.3 Å². The Morgan fingerprint density at radius 3 is 2.46 bits per heavy atom. The Morgan fingerprint density at radius 1 is 1.17 bits per heavy atom. The average Bonchev–Trinajstić information content (AvgIpc) is 3.20. The van der Waals surface area contributed by atoms with Gasteiger partial charge < -0.3 is 30.2 Å². The number of hydrogen-bond acceptors (Lipinski definition) is 10. The number of nitrogen functional groups attached to an aromatic ring is 1. The second kappa shape index (κ2) is 9.73. The van der Waals surface area contributed by atoms with Crippen LogP contribution in [0.3, 0.4) is 0 Å². The number of nitrogens with zero attached hydrogens (tertiary/aromatic N) is 4. The number of imidazole rings is 1. The third-order valence-electron chi connectivity index (χ3n) is 7.45. The molecule has 0 radical (unpaired) electrons. The third kappa shape index (κ3) is 4.20.